The molecule has 0 atom stereocenters. The Morgan fingerprint density at radius 1 is 1.29 bits per heavy atom. The fourth-order valence-electron chi connectivity index (χ4n) is 1.37. The molecule has 0 aliphatic carbocycles. The predicted octanol–water partition coefficient (Wildman–Crippen LogP) is 2.54. The van der Waals surface area contributed by atoms with Crippen LogP contribution >= 0.6 is 0 Å². The molecular formula is C13H13N3O. The summed E-state index contributed by atoms with van der Waals surface area (Å²) in [7, 11) is 0. The fraction of sp³-hybridized carbons (Fsp3) is 0.0769. The van der Waals surface area contributed by atoms with Crippen molar-refractivity contribution in [2.75, 3.05) is 5.43 Å². The zero-order valence-electron chi connectivity index (χ0n) is 9.46. The summed E-state index contributed by atoms with van der Waals surface area (Å²) in [6.45, 7) is 1.96. The maximum atomic E-state index is 9.60. The maximum absolute atomic E-state index is 9.60. The molecule has 0 amide bonds. The number of aryl methyl sites for hydroxylation is 1. The quantitative estimate of drug-likeness (QED) is 0.625. The minimum absolute atomic E-state index is 0.210. The van der Waals surface area contributed by atoms with Crippen LogP contribution in [-0.4, -0.2) is 16.3 Å². The molecule has 4 nitrogen and oxygen atoms in total. The molecular weight excluding hydrogens is 214 g/mol. The van der Waals surface area contributed by atoms with E-state index in [2.05, 4.69) is 15.5 Å². The van der Waals surface area contributed by atoms with Crippen molar-refractivity contribution in [3.05, 3.63) is 53.7 Å². The van der Waals surface area contributed by atoms with Gasteiger partial charge < -0.3 is 5.11 Å². The van der Waals surface area contributed by atoms with Crippen molar-refractivity contribution in [3.63, 3.8) is 0 Å². The average molecular weight is 227 g/mol. The van der Waals surface area contributed by atoms with Crippen LogP contribution in [0.3, 0.4) is 0 Å². The molecule has 2 rings (SSSR count). The van der Waals surface area contributed by atoms with Gasteiger partial charge in [-0.25, -0.2) is 4.98 Å². The van der Waals surface area contributed by atoms with E-state index in [1.54, 1.807) is 18.5 Å². The van der Waals surface area contributed by atoms with E-state index in [0.717, 1.165) is 5.56 Å². The Morgan fingerprint density at radius 2 is 2.18 bits per heavy atom. The number of pyridine rings is 1. The summed E-state index contributed by atoms with van der Waals surface area (Å²) in [6, 6.07) is 10.9. The van der Waals surface area contributed by atoms with Crippen LogP contribution in [0.5, 0.6) is 5.75 Å². The van der Waals surface area contributed by atoms with E-state index < -0.39 is 0 Å². The maximum Gasteiger partial charge on any atom is 0.146 e. The Bertz CT molecular complexity index is 523. The Balaban J connectivity index is 2.08. The lowest BCUT2D eigenvalue weighted by Crippen LogP contribution is -1.93. The number of aromatic hydroxyl groups is 1. The third-order valence-electron chi connectivity index (χ3n) is 2.23. The molecule has 2 aromatic rings. The summed E-state index contributed by atoms with van der Waals surface area (Å²) in [4.78, 5) is 4.06. The van der Waals surface area contributed by atoms with Crippen LogP contribution in [0.1, 0.15) is 11.1 Å². The lowest BCUT2D eigenvalue weighted by atomic mass is 10.1. The van der Waals surface area contributed by atoms with Gasteiger partial charge in [-0.05, 0) is 31.2 Å². The second-order valence-corrected chi connectivity index (χ2v) is 3.65. The topological polar surface area (TPSA) is 57.5 Å². The summed E-state index contributed by atoms with van der Waals surface area (Å²) in [5.41, 5.74) is 4.53. The van der Waals surface area contributed by atoms with Crippen molar-refractivity contribution in [3.8, 4) is 5.75 Å². The van der Waals surface area contributed by atoms with Gasteiger partial charge in [0.25, 0.3) is 0 Å². The van der Waals surface area contributed by atoms with Crippen LogP contribution in [0.4, 0.5) is 5.82 Å². The number of rotatable bonds is 3. The molecule has 0 unspecified atom stereocenters. The Kier molecular flexibility index (Phi) is 3.35. The Morgan fingerprint density at radius 3 is 2.94 bits per heavy atom. The van der Waals surface area contributed by atoms with Gasteiger partial charge in [-0.1, -0.05) is 17.7 Å². The zero-order valence-corrected chi connectivity index (χ0v) is 9.46. The van der Waals surface area contributed by atoms with Gasteiger partial charge in [0.2, 0.25) is 0 Å². The Labute approximate surface area is 99.6 Å². The summed E-state index contributed by atoms with van der Waals surface area (Å²) in [6.07, 6.45) is 3.25. The molecule has 0 saturated carbocycles. The molecule has 1 heterocycles. The lowest BCUT2D eigenvalue weighted by molar-refractivity contribution is 0.474. The van der Waals surface area contributed by atoms with Crippen LogP contribution in [-0.2, 0) is 0 Å². The molecule has 0 spiro atoms. The second-order valence-electron chi connectivity index (χ2n) is 3.65. The molecule has 0 fully saturated rings. The summed E-state index contributed by atoms with van der Waals surface area (Å²) >= 11 is 0. The van der Waals surface area contributed by atoms with Gasteiger partial charge in [-0.15, -0.1) is 0 Å². The highest BCUT2D eigenvalue weighted by atomic mass is 16.3. The van der Waals surface area contributed by atoms with E-state index in [1.807, 2.05) is 37.3 Å². The van der Waals surface area contributed by atoms with Gasteiger partial charge in [0.1, 0.15) is 11.6 Å². The van der Waals surface area contributed by atoms with Crippen molar-refractivity contribution < 1.29 is 5.11 Å². The van der Waals surface area contributed by atoms with Crippen LogP contribution < -0.4 is 5.43 Å². The molecule has 0 radical (unpaired) electrons. The number of hydrogen-bond donors (Lipinski definition) is 2. The van der Waals surface area contributed by atoms with Crippen LogP contribution in [0, 0.1) is 6.92 Å². The molecule has 2 N–H and O–H groups in total. The van der Waals surface area contributed by atoms with Crippen LogP contribution in [0.25, 0.3) is 0 Å². The SMILES string of the molecule is Cc1ccc(O)c(/C=N/Nc2ccccn2)c1. The summed E-state index contributed by atoms with van der Waals surface area (Å²) in [5, 5.41) is 13.6. The molecule has 0 bridgehead atoms. The first-order valence-electron chi connectivity index (χ1n) is 5.25. The standard InChI is InChI=1S/C13H13N3O/c1-10-5-6-12(17)11(8-10)9-15-16-13-4-2-3-7-14-13/h2-9,17H,1H3,(H,14,16)/b15-9+. The Hall–Kier alpha value is -2.36. The number of phenols is 1. The fourth-order valence-corrected chi connectivity index (χ4v) is 1.37. The first kappa shape index (κ1) is 11.1. The highest BCUT2D eigenvalue weighted by Gasteiger charge is 1.97. The first-order chi connectivity index (χ1) is 8.25. The van der Waals surface area contributed by atoms with Crippen molar-refractivity contribution in [2.24, 2.45) is 5.10 Å². The molecule has 1 aromatic heterocycles. The van der Waals surface area contributed by atoms with Crippen molar-refractivity contribution in [1.82, 2.24) is 4.98 Å². The monoisotopic (exact) mass is 227 g/mol. The number of hydrogen-bond acceptors (Lipinski definition) is 4. The number of nitrogens with one attached hydrogen (secondary N) is 1. The smallest absolute Gasteiger partial charge is 0.146 e. The minimum atomic E-state index is 0.210. The zero-order chi connectivity index (χ0) is 12.1. The minimum Gasteiger partial charge on any atom is -0.507 e. The number of aromatic nitrogens is 1. The van der Waals surface area contributed by atoms with E-state index in [9.17, 15) is 5.11 Å². The van der Waals surface area contributed by atoms with Gasteiger partial charge in [0.15, 0.2) is 0 Å². The van der Waals surface area contributed by atoms with Crippen LogP contribution in [0.15, 0.2) is 47.7 Å². The average Bonchev–Trinajstić information content (AvgIpc) is 2.35. The summed E-state index contributed by atoms with van der Waals surface area (Å²) < 4.78 is 0. The van der Waals surface area contributed by atoms with E-state index in [1.165, 1.54) is 0 Å². The molecule has 86 valence electrons. The number of nitrogens with zero attached hydrogens (tertiary/aromatic N) is 2. The van der Waals surface area contributed by atoms with Crippen molar-refractivity contribution >= 4 is 12.0 Å². The van der Waals surface area contributed by atoms with Crippen molar-refractivity contribution in [1.29, 1.82) is 0 Å². The largest absolute Gasteiger partial charge is 0.507 e. The lowest BCUT2D eigenvalue weighted by Gasteiger charge is -2.00. The van der Waals surface area contributed by atoms with E-state index in [0.29, 0.717) is 11.4 Å². The number of benzene rings is 1. The van der Waals surface area contributed by atoms with E-state index in [-0.39, 0.29) is 5.75 Å². The third-order valence-corrected chi connectivity index (χ3v) is 2.23. The van der Waals surface area contributed by atoms with Gasteiger partial charge >= 0.3 is 0 Å². The second kappa shape index (κ2) is 5.12. The van der Waals surface area contributed by atoms with Gasteiger partial charge in [-0.2, -0.15) is 5.10 Å². The number of anilines is 1. The normalized spacial score (nSPS) is 10.6. The molecule has 1 aromatic carbocycles. The molecule has 17 heavy (non-hydrogen) atoms. The first-order valence-corrected chi connectivity index (χ1v) is 5.25. The van der Waals surface area contributed by atoms with E-state index >= 15 is 0 Å². The van der Waals surface area contributed by atoms with E-state index in [4.69, 9.17) is 0 Å². The van der Waals surface area contributed by atoms with Crippen LogP contribution in [0.2, 0.25) is 0 Å². The summed E-state index contributed by atoms with van der Waals surface area (Å²) in [5.74, 6) is 0.873. The molecule has 0 saturated heterocycles. The number of hydrazone groups is 1. The highest BCUT2D eigenvalue weighted by molar-refractivity contribution is 5.84. The molecule has 4 heteroatoms. The number of phenolic OH excluding ortho intramolecular Hbond substituents is 1. The third kappa shape index (κ3) is 3.04. The predicted molar refractivity (Wildman–Crippen MR) is 68.3 cm³/mol. The highest BCUT2D eigenvalue weighted by Crippen LogP contribution is 2.15. The van der Waals surface area contributed by atoms with Gasteiger partial charge in [0.05, 0.1) is 6.21 Å². The van der Waals surface area contributed by atoms with Crippen molar-refractivity contribution in [2.45, 2.75) is 6.92 Å². The van der Waals surface area contributed by atoms with Gasteiger partial charge in [0, 0.05) is 11.8 Å². The molecule has 0 aliphatic rings. The molecule has 0 aliphatic heterocycles. The van der Waals surface area contributed by atoms with Gasteiger partial charge in [-0.3, -0.25) is 5.43 Å².